The van der Waals surface area contributed by atoms with Gasteiger partial charge in [-0.1, -0.05) is 23.7 Å². The van der Waals surface area contributed by atoms with E-state index in [0.717, 1.165) is 5.56 Å². The van der Waals surface area contributed by atoms with Gasteiger partial charge in [0.15, 0.2) is 17.3 Å². The smallest absolute Gasteiger partial charge is 0.296 e. The molecule has 0 unspecified atom stereocenters. The second-order valence-corrected chi connectivity index (χ2v) is 6.93. The Balaban J connectivity index is 1.78. The summed E-state index contributed by atoms with van der Waals surface area (Å²) >= 11 is 5.93. The van der Waals surface area contributed by atoms with E-state index < -0.39 is 0 Å². The topological polar surface area (TPSA) is 79.9 Å². The maximum Gasteiger partial charge on any atom is 0.296 e. The highest BCUT2D eigenvalue weighted by atomic mass is 35.5. The average molecular weight is 427 g/mol. The molecule has 2 aromatic heterocycles. The zero-order valence-corrected chi connectivity index (χ0v) is 17.4. The third kappa shape index (κ3) is 3.46. The zero-order valence-electron chi connectivity index (χ0n) is 16.6. The van der Waals surface area contributed by atoms with Gasteiger partial charge in [-0.3, -0.25) is 9.20 Å². The van der Waals surface area contributed by atoms with Crippen LogP contribution in [0, 0.1) is 0 Å². The molecule has 30 heavy (non-hydrogen) atoms. The molecule has 0 fully saturated rings. The third-order valence-corrected chi connectivity index (χ3v) is 4.98. The van der Waals surface area contributed by atoms with Crippen LogP contribution in [0.25, 0.3) is 17.0 Å². The van der Waals surface area contributed by atoms with Crippen molar-refractivity contribution in [1.29, 1.82) is 0 Å². The molecule has 0 spiro atoms. The summed E-state index contributed by atoms with van der Waals surface area (Å²) in [5.74, 6) is 1.93. The first-order valence-electron chi connectivity index (χ1n) is 9.04. The molecule has 9 heteroatoms. The molecule has 0 aliphatic rings. The number of rotatable bonds is 6. The minimum absolute atomic E-state index is 0.218. The summed E-state index contributed by atoms with van der Waals surface area (Å²) in [7, 11) is 4.62. The van der Waals surface area contributed by atoms with Crippen LogP contribution in [0.4, 0.5) is 0 Å². The molecule has 0 aliphatic carbocycles. The molecule has 2 heterocycles. The maximum atomic E-state index is 12.9. The molecule has 0 amide bonds. The van der Waals surface area contributed by atoms with Crippen molar-refractivity contribution in [3.05, 3.63) is 69.7 Å². The quantitative estimate of drug-likeness (QED) is 0.470. The Morgan fingerprint density at radius 1 is 0.933 bits per heavy atom. The van der Waals surface area contributed by atoms with Crippen molar-refractivity contribution in [3.8, 4) is 28.6 Å². The molecule has 8 nitrogen and oxygen atoms in total. The van der Waals surface area contributed by atoms with Crippen molar-refractivity contribution in [2.45, 2.75) is 6.54 Å². The first kappa shape index (κ1) is 19.8. The van der Waals surface area contributed by atoms with Gasteiger partial charge < -0.3 is 18.8 Å². The predicted octanol–water partition coefficient (Wildman–Crippen LogP) is 3.29. The SMILES string of the molecule is COc1cc(-c2nnc3c(=O)n(Cc4ccc(Cl)cc4)ccn23)cc(OC)c1OC. The fraction of sp³-hybridized carbons (Fsp3) is 0.190. The molecule has 2 aromatic carbocycles. The van der Waals surface area contributed by atoms with Gasteiger partial charge in [0.2, 0.25) is 11.4 Å². The van der Waals surface area contributed by atoms with Gasteiger partial charge in [-0.25, -0.2) is 0 Å². The molecule has 154 valence electrons. The van der Waals surface area contributed by atoms with Crippen molar-refractivity contribution in [2.75, 3.05) is 21.3 Å². The highest BCUT2D eigenvalue weighted by Crippen LogP contribution is 2.40. The lowest BCUT2D eigenvalue weighted by Crippen LogP contribution is -2.22. The van der Waals surface area contributed by atoms with Crippen LogP contribution in [0.5, 0.6) is 17.2 Å². The monoisotopic (exact) mass is 426 g/mol. The summed E-state index contributed by atoms with van der Waals surface area (Å²) in [5, 5.41) is 8.98. The van der Waals surface area contributed by atoms with E-state index in [-0.39, 0.29) is 11.2 Å². The van der Waals surface area contributed by atoms with E-state index in [1.165, 1.54) is 7.11 Å². The van der Waals surface area contributed by atoms with Crippen molar-refractivity contribution < 1.29 is 14.2 Å². The number of halogens is 1. The van der Waals surface area contributed by atoms with Crippen molar-refractivity contribution in [2.24, 2.45) is 0 Å². The first-order chi connectivity index (χ1) is 14.5. The van der Waals surface area contributed by atoms with Crippen molar-refractivity contribution >= 4 is 17.2 Å². The molecule has 0 aliphatic heterocycles. The van der Waals surface area contributed by atoms with E-state index in [1.807, 2.05) is 12.1 Å². The van der Waals surface area contributed by atoms with Crippen LogP contribution in [0.1, 0.15) is 5.56 Å². The number of nitrogens with zero attached hydrogens (tertiary/aromatic N) is 4. The molecular formula is C21H19ClN4O4. The molecule has 4 aromatic rings. The standard InChI is InChI=1S/C21H19ClN4O4/c1-28-16-10-14(11-17(29-2)18(16)30-3)19-23-24-20-21(27)25(8-9-26(19)20)12-13-4-6-15(22)7-5-13/h4-11H,12H2,1-3H3. The second kappa shape index (κ2) is 8.08. The van der Waals surface area contributed by atoms with Gasteiger partial charge in [0.25, 0.3) is 5.56 Å². The third-order valence-electron chi connectivity index (χ3n) is 4.73. The Morgan fingerprint density at radius 2 is 1.60 bits per heavy atom. The lowest BCUT2D eigenvalue weighted by molar-refractivity contribution is 0.324. The van der Waals surface area contributed by atoms with Crippen LogP contribution in [0.3, 0.4) is 0 Å². The predicted molar refractivity (Wildman–Crippen MR) is 113 cm³/mol. The van der Waals surface area contributed by atoms with Gasteiger partial charge in [0.05, 0.1) is 27.9 Å². The summed E-state index contributed by atoms with van der Waals surface area (Å²) in [5.41, 5.74) is 1.59. The van der Waals surface area contributed by atoms with Gasteiger partial charge in [-0.2, -0.15) is 0 Å². The Morgan fingerprint density at radius 3 is 2.20 bits per heavy atom. The van der Waals surface area contributed by atoms with Crippen molar-refractivity contribution in [1.82, 2.24) is 19.2 Å². The highest BCUT2D eigenvalue weighted by Gasteiger charge is 2.18. The Hall–Kier alpha value is -3.52. The Bertz CT molecular complexity index is 1240. The van der Waals surface area contributed by atoms with Crippen LogP contribution in [-0.2, 0) is 6.54 Å². The molecule has 0 bridgehead atoms. The molecular weight excluding hydrogens is 408 g/mol. The van der Waals surface area contributed by atoms with Gasteiger partial charge in [0, 0.05) is 23.0 Å². The number of hydrogen-bond donors (Lipinski definition) is 0. The zero-order chi connectivity index (χ0) is 21.3. The van der Waals surface area contributed by atoms with Crippen LogP contribution < -0.4 is 19.8 Å². The minimum Gasteiger partial charge on any atom is -0.493 e. The van der Waals surface area contributed by atoms with E-state index in [4.69, 9.17) is 25.8 Å². The number of ether oxygens (including phenoxy) is 3. The molecule has 0 saturated heterocycles. The Labute approximate surface area is 177 Å². The number of fused-ring (bicyclic) bond motifs is 1. The van der Waals surface area contributed by atoms with E-state index in [1.54, 1.807) is 59.8 Å². The summed E-state index contributed by atoms with van der Waals surface area (Å²) in [6, 6.07) is 10.9. The van der Waals surface area contributed by atoms with Gasteiger partial charge >= 0.3 is 0 Å². The number of methoxy groups -OCH3 is 3. The van der Waals surface area contributed by atoms with Crippen molar-refractivity contribution in [3.63, 3.8) is 0 Å². The number of aromatic nitrogens is 4. The summed E-state index contributed by atoms with van der Waals surface area (Å²) in [6.45, 7) is 0.402. The molecule has 0 atom stereocenters. The summed E-state index contributed by atoms with van der Waals surface area (Å²) in [6.07, 6.45) is 3.46. The van der Waals surface area contributed by atoms with E-state index in [0.29, 0.717) is 40.2 Å². The molecule has 4 rings (SSSR count). The van der Waals surface area contributed by atoms with Gasteiger partial charge in [-0.15, -0.1) is 10.2 Å². The Kier molecular flexibility index (Phi) is 5.33. The molecule has 0 saturated carbocycles. The fourth-order valence-corrected chi connectivity index (χ4v) is 3.37. The van der Waals surface area contributed by atoms with Crippen LogP contribution >= 0.6 is 11.6 Å². The normalized spacial score (nSPS) is 10.9. The number of benzene rings is 2. The van der Waals surface area contributed by atoms with Crippen LogP contribution in [0.15, 0.2) is 53.6 Å². The van der Waals surface area contributed by atoms with E-state index in [2.05, 4.69) is 10.2 Å². The first-order valence-corrected chi connectivity index (χ1v) is 9.42. The fourth-order valence-electron chi connectivity index (χ4n) is 3.24. The lowest BCUT2D eigenvalue weighted by Gasteiger charge is -2.13. The van der Waals surface area contributed by atoms with E-state index >= 15 is 0 Å². The largest absolute Gasteiger partial charge is 0.493 e. The summed E-state index contributed by atoms with van der Waals surface area (Å²) < 4.78 is 19.4. The van der Waals surface area contributed by atoms with Gasteiger partial charge in [-0.05, 0) is 29.8 Å². The van der Waals surface area contributed by atoms with Gasteiger partial charge in [0.1, 0.15) is 0 Å². The second-order valence-electron chi connectivity index (χ2n) is 6.49. The lowest BCUT2D eigenvalue weighted by atomic mass is 10.1. The van der Waals surface area contributed by atoms with Crippen LogP contribution in [-0.4, -0.2) is 40.5 Å². The maximum absolute atomic E-state index is 12.9. The number of hydrogen-bond acceptors (Lipinski definition) is 6. The molecule has 0 N–H and O–H groups in total. The average Bonchev–Trinajstić information content (AvgIpc) is 3.21. The van der Waals surface area contributed by atoms with Crippen LogP contribution in [0.2, 0.25) is 5.02 Å². The van der Waals surface area contributed by atoms with E-state index in [9.17, 15) is 4.79 Å². The molecule has 0 radical (unpaired) electrons. The summed E-state index contributed by atoms with van der Waals surface area (Å²) in [4.78, 5) is 12.9. The highest BCUT2D eigenvalue weighted by molar-refractivity contribution is 6.30. The minimum atomic E-state index is -0.251.